The van der Waals surface area contributed by atoms with Crippen molar-refractivity contribution in [1.82, 2.24) is 10.9 Å². The van der Waals surface area contributed by atoms with Crippen LogP contribution in [-0.4, -0.2) is 22.3 Å². The summed E-state index contributed by atoms with van der Waals surface area (Å²) in [7, 11) is 0. The van der Waals surface area contributed by atoms with Crippen LogP contribution in [0, 0.1) is 0 Å². The lowest BCUT2D eigenvalue weighted by Crippen LogP contribution is -2.43. The molecule has 0 radical (unpaired) electrons. The monoisotopic (exact) mass is 330 g/mol. The van der Waals surface area contributed by atoms with E-state index in [1.807, 2.05) is 63.2 Å². The fourth-order valence-electron chi connectivity index (χ4n) is 2.12. The van der Waals surface area contributed by atoms with Crippen molar-refractivity contribution in [3.05, 3.63) is 48.0 Å². The van der Waals surface area contributed by atoms with Crippen molar-refractivity contribution in [2.24, 2.45) is 0 Å². The highest BCUT2D eigenvalue weighted by atomic mass is 32.2. The number of rotatable bonds is 4. The van der Waals surface area contributed by atoms with Crippen LogP contribution in [0.15, 0.2) is 42.5 Å². The highest BCUT2D eigenvalue weighted by Crippen LogP contribution is 2.22. The van der Waals surface area contributed by atoms with Gasteiger partial charge in [0.2, 0.25) is 11.8 Å². The van der Waals surface area contributed by atoms with Gasteiger partial charge < -0.3 is 0 Å². The molecule has 2 amide bonds. The number of hydrogen-bond acceptors (Lipinski definition) is 3. The van der Waals surface area contributed by atoms with Gasteiger partial charge >= 0.3 is 0 Å². The summed E-state index contributed by atoms with van der Waals surface area (Å²) < 4.78 is 0.0182. The summed E-state index contributed by atoms with van der Waals surface area (Å²) in [5, 5.41) is 2.16. The first-order valence-corrected chi connectivity index (χ1v) is 8.52. The van der Waals surface area contributed by atoms with Gasteiger partial charge in [-0.3, -0.25) is 20.4 Å². The molecule has 0 aliphatic heterocycles. The average Bonchev–Trinajstić information content (AvgIpc) is 2.50. The summed E-state index contributed by atoms with van der Waals surface area (Å²) in [6, 6.07) is 13.8. The molecule has 2 aromatic rings. The molecule has 0 saturated carbocycles. The second kappa shape index (κ2) is 7.51. The zero-order valence-electron chi connectivity index (χ0n) is 13.7. The maximum absolute atomic E-state index is 12.0. The molecule has 2 N–H and O–H groups in total. The van der Waals surface area contributed by atoms with Gasteiger partial charge in [0.25, 0.3) is 0 Å². The Morgan fingerprint density at radius 2 is 1.61 bits per heavy atom. The van der Waals surface area contributed by atoms with E-state index in [9.17, 15) is 9.59 Å². The Morgan fingerprint density at radius 1 is 0.957 bits per heavy atom. The molecule has 0 saturated heterocycles. The van der Waals surface area contributed by atoms with Crippen molar-refractivity contribution in [2.75, 3.05) is 5.75 Å². The maximum atomic E-state index is 12.0. The number of hydrazine groups is 1. The summed E-state index contributed by atoms with van der Waals surface area (Å²) in [5.74, 6) is -0.107. The summed E-state index contributed by atoms with van der Waals surface area (Å²) in [4.78, 5) is 23.7. The molecular weight excluding hydrogens is 308 g/mol. The van der Waals surface area contributed by atoms with Crippen LogP contribution in [0.2, 0.25) is 0 Å². The number of thioether (sulfide) groups is 1. The Morgan fingerprint density at radius 3 is 2.35 bits per heavy atom. The third-order valence-electron chi connectivity index (χ3n) is 3.21. The smallest absolute Gasteiger partial charge is 0.248 e. The van der Waals surface area contributed by atoms with Crippen molar-refractivity contribution < 1.29 is 9.59 Å². The van der Waals surface area contributed by atoms with Crippen molar-refractivity contribution >= 4 is 34.3 Å². The van der Waals surface area contributed by atoms with Crippen molar-refractivity contribution in [3.63, 3.8) is 0 Å². The van der Waals surface area contributed by atoms with Gasteiger partial charge in [0, 0.05) is 4.75 Å². The van der Waals surface area contributed by atoms with Crippen molar-refractivity contribution in [1.29, 1.82) is 0 Å². The fourth-order valence-corrected chi connectivity index (χ4v) is 2.76. The maximum Gasteiger partial charge on any atom is 0.248 e. The quantitative estimate of drug-likeness (QED) is 0.847. The fraction of sp³-hybridized carbons (Fsp3) is 0.333. The van der Waals surface area contributed by atoms with E-state index in [1.165, 1.54) is 11.8 Å². The van der Waals surface area contributed by atoms with Crippen LogP contribution in [0.4, 0.5) is 0 Å². The number of carbonyl (C=O) groups is 2. The zero-order chi connectivity index (χ0) is 16.9. The van der Waals surface area contributed by atoms with Gasteiger partial charge in [-0.2, -0.15) is 0 Å². The molecule has 122 valence electrons. The third-order valence-corrected chi connectivity index (χ3v) is 4.48. The van der Waals surface area contributed by atoms with Gasteiger partial charge in [-0.15, -0.1) is 11.8 Å². The number of amides is 2. The summed E-state index contributed by atoms with van der Waals surface area (Å²) in [6.45, 7) is 6.14. The standard InChI is InChI=1S/C18H22N2O2S/c1-18(2,3)23-12-17(22)20-19-16(21)11-14-9-6-8-13-7-4-5-10-15(13)14/h4-10H,11-12H2,1-3H3,(H,19,21)(H,20,22). The van der Waals surface area contributed by atoms with E-state index in [-0.39, 0.29) is 23.0 Å². The number of hydrogen-bond donors (Lipinski definition) is 2. The van der Waals surface area contributed by atoms with Crippen molar-refractivity contribution in [3.8, 4) is 0 Å². The molecule has 0 heterocycles. The van der Waals surface area contributed by atoms with Gasteiger partial charge in [-0.1, -0.05) is 63.2 Å². The summed E-state index contributed by atoms with van der Waals surface area (Å²) in [5.41, 5.74) is 5.89. The van der Waals surface area contributed by atoms with Gasteiger partial charge in [0.1, 0.15) is 0 Å². The highest BCUT2D eigenvalue weighted by molar-refractivity contribution is 8.01. The lowest BCUT2D eigenvalue weighted by atomic mass is 10.0. The molecule has 0 atom stereocenters. The molecule has 0 aliphatic carbocycles. The number of benzene rings is 2. The van der Waals surface area contributed by atoms with E-state index < -0.39 is 0 Å². The Labute approximate surface area is 141 Å². The molecule has 0 fully saturated rings. The molecule has 0 aliphatic rings. The molecule has 2 rings (SSSR count). The number of carbonyl (C=O) groups excluding carboxylic acids is 2. The molecule has 4 nitrogen and oxygen atoms in total. The van der Waals surface area contributed by atoms with Gasteiger partial charge in [0.05, 0.1) is 12.2 Å². The number of nitrogens with one attached hydrogen (secondary N) is 2. The van der Waals surface area contributed by atoms with Crippen LogP contribution in [0.1, 0.15) is 26.3 Å². The number of fused-ring (bicyclic) bond motifs is 1. The van der Waals surface area contributed by atoms with E-state index in [0.717, 1.165) is 16.3 Å². The lowest BCUT2D eigenvalue weighted by Gasteiger charge is -2.17. The second-order valence-corrected chi connectivity index (χ2v) is 8.11. The first-order valence-electron chi connectivity index (χ1n) is 7.53. The molecule has 2 aromatic carbocycles. The van der Waals surface area contributed by atoms with E-state index in [1.54, 1.807) is 0 Å². The van der Waals surface area contributed by atoms with Crippen molar-refractivity contribution in [2.45, 2.75) is 31.9 Å². The SMILES string of the molecule is CC(C)(C)SCC(=O)NNC(=O)Cc1cccc2ccccc12. The Hall–Kier alpha value is -2.01. The Kier molecular flexibility index (Phi) is 5.66. The average molecular weight is 330 g/mol. The molecule has 0 spiro atoms. The minimum atomic E-state index is -0.226. The van der Waals surface area contributed by atoms with Crippen LogP contribution in [0.5, 0.6) is 0 Å². The molecule has 23 heavy (non-hydrogen) atoms. The van der Waals surface area contributed by atoms with Crippen LogP contribution >= 0.6 is 11.8 Å². The predicted octanol–water partition coefficient (Wildman–Crippen LogP) is 3.06. The molecule has 5 heteroatoms. The zero-order valence-corrected chi connectivity index (χ0v) is 14.5. The molecular formula is C18H22N2O2S. The lowest BCUT2D eigenvalue weighted by molar-refractivity contribution is -0.127. The minimum Gasteiger partial charge on any atom is -0.273 e. The third kappa shape index (κ3) is 5.60. The van der Waals surface area contributed by atoms with Crippen LogP contribution < -0.4 is 10.9 Å². The summed E-state index contributed by atoms with van der Waals surface area (Å²) >= 11 is 1.54. The Bertz CT molecular complexity index is 702. The van der Waals surface area contributed by atoms with E-state index >= 15 is 0 Å². The first-order chi connectivity index (χ1) is 10.8. The molecule has 0 bridgehead atoms. The molecule has 0 unspecified atom stereocenters. The molecule has 0 aromatic heterocycles. The predicted molar refractivity (Wildman–Crippen MR) is 96.1 cm³/mol. The second-order valence-electron chi connectivity index (χ2n) is 6.31. The Balaban J connectivity index is 1.88. The van der Waals surface area contributed by atoms with Crippen LogP contribution in [0.25, 0.3) is 10.8 Å². The first kappa shape index (κ1) is 17.3. The van der Waals surface area contributed by atoms with E-state index in [2.05, 4.69) is 10.9 Å². The van der Waals surface area contributed by atoms with E-state index in [4.69, 9.17) is 0 Å². The summed E-state index contributed by atoms with van der Waals surface area (Å²) in [6.07, 6.45) is 0.230. The van der Waals surface area contributed by atoms with E-state index in [0.29, 0.717) is 5.75 Å². The largest absolute Gasteiger partial charge is 0.273 e. The van der Waals surface area contributed by atoms with Crippen LogP contribution in [0.3, 0.4) is 0 Å². The van der Waals surface area contributed by atoms with Crippen LogP contribution in [-0.2, 0) is 16.0 Å². The minimum absolute atomic E-state index is 0.0182. The van der Waals surface area contributed by atoms with Gasteiger partial charge in [-0.25, -0.2) is 0 Å². The normalized spacial score (nSPS) is 11.3. The van der Waals surface area contributed by atoms with Gasteiger partial charge in [-0.05, 0) is 16.3 Å². The topological polar surface area (TPSA) is 58.2 Å². The van der Waals surface area contributed by atoms with Gasteiger partial charge in [0.15, 0.2) is 0 Å². The highest BCUT2D eigenvalue weighted by Gasteiger charge is 2.14.